The highest BCUT2D eigenvalue weighted by atomic mass is 16.3. The smallest absolute Gasteiger partial charge is 0.214 e. The highest BCUT2D eigenvalue weighted by Gasteiger charge is 2.33. The van der Waals surface area contributed by atoms with Crippen molar-refractivity contribution in [1.29, 1.82) is 0 Å². The van der Waals surface area contributed by atoms with E-state index in [0.717, 1.165) is 29.4 Å². The van der Waals surface area contributed by atoms with Crippen LogP contribution in [0, 0.1) is 0 Å². The number of aryl methyl sites for hydroxylation is 1. The summed E-state index contributed by atoms with van der Waals surface area (Å²) in [6.45, 7) is 0. The minimum Gasteiger partial charge on any atom is -0.494 e. The number of carbonyl (C=O) groups is 1. The molecule has 21 heavy (non-hydrogen) atoms. The number of aliphatic imine (C=N–C) groups is 1. The molecule has 4 heteroatoms. The van der Waals surface area contributed by atoms with E-state index in [9.17, 15) is 9.90 Å². The number of hydrogen-bond donors (Lipinski definition) is 1. The van der Waals surface area contributed by atoms with E-state index in [0.29, 0.717) is 16.8 Å². The molecule has 0 radical (unpaired) electrons. The second kappa shape index (κ2) is 4.19. The number of nitrogens with zero attached hydrogens (tertiary/aromatic N) is 2. The number of Topliss-reactive ketones (excluding diaryl/α,β-unsaturated/α-hetero) is 1. The Morgan fingerprint density at radius 1 is 1.19 bits per heavy atom. The van der Waals surface area contributed by atoms with Gasteiger partial charge < -0.3 is 9.67 Å². The predicted molar refractivity (Wildman–Crippen MR) is 81.5 cm³/mol. The van der Waals surface area contributed by atoms with Crippen LogP contribution >= 0.6 is 0 Å². The molecule has 0 bridgehead atoms. The van der Waals surface area contributed by atoms with Gasteiger partial charge in [-0.1, -0.05) is 30.4 Å². The van der Waals surface area contributed by atoms with E-state index in [1.54, 1.807) is 11.6 Å². The van der Waals surface area contributed by atoms with Crippen LogP contribution in [-0.4, -0.2) is 21.2 Å². The number of para-hydroxylation sites is 1. The number of benzene rings is 1. The molecule has 1 N–H and O–H groups in total. The van der Waals surface area contributed by atoms with E-state index >= 15 is 0 Å². The Morgan fingerprint density at radius 2 is 1.95 bits per heavy atom. The molecular weight excluding hydrogens is 264 g/mol. The van der Waals surface area contributed by atoms with Crippen molar-refractivity contribution in [2.45, 2.75) is 12.8 Å². The van der Waals surface area contributed by atoms with Gasteiger partial charge in [-0.05, 0) is 18.9 Å². The number of hydrogen-bond acceptors (Lipinski definition) is 3. The first-order valence-electron chi connectivity index (χ1n) is 6.99. The topological polar surface area (TPSA) is 54.6 Å². The summed E-state index contributed by atoms with van der Waals surface area (Å²) in [7, 11) is 1.78. The van der Waals surface area contributed by atoms with Crippen molar-refractivity contribution in [1.82, 2.24) is 4.57 Å². The predicted octanol–water partition coefficient (Wildman–Crippen LogP) is 2.86. The summed E-state index contributed by atoms with van der Waals surface area (Å²) in [6, 6.07) is 7.64. The summed E-state index contributed by atoms with van der Waals surface area (Å²) < 4.78 is 1.69. The van der Waals surface area contributed by atoms with Crippen molar-refractivity contribution >= 4 is 22.4 Å². The van der Waals surface area contributed by atoms with E-state index < -0.39 is 0 Å². The second-order valence-corrected chi connectivity index (χ2v) is 5.35. The van der Waals surface area contributed by atoms with Crippen LogP contribution in [0.5, 0.6) is 5.88 Å². The van der Waals surface area contributed by atoms with E-state index in [1.165, 1.54) is 0 Å². The maximum Gasteiger partial charge on any atom is 0.214 e. The lowest BCUT2D eigenvalue weighted by Crippen LogP contribution is -2.12. The number of fused-ring (bicyclic) bond motifs is 2. The second-order valence-electron chi connectivity index (χ2n) is 5.35. The molecule has 1 aromatic heterocycles. The van der Waals surface area contributed by atoms with E-state index in [1.807, 2.05) is 36.4 Å². The summed E-state index contributed by atoms with van der Waals surface area (Å²) in [5, 5.41) is 11.3. The lowest BCUT2D eigenvalue weighted by molar-refractivity contribution is -0.109. The number of aromatic nitrogens is 1. The Balaban J connectivity index is 2.00. The van der Waals surface area contributed by atoms with Crippen molar-refractivity contribution in [3.63, 3.8) is 0 Å². The van der Waals surface area contributed by atoms with Crippen LogP contribution in [0.3, 0.4) is 0 Å². The summed E-state index contributed by atoms with van der Waals surface area (Å²) in [5.41, 5.74) is 3.19. The molecule has 0 saturated heterocycles. The molecule has 0 fully saturated rings. The Labute approximate surface area is 121 Å². The Kier molecular flexibility index (Phi) is 2.42. The van der Waals surface area contributed by atoms with Crippen molar-refractivity contribution in [2.24, 2.45) is 12.0 Å². The normalized spacial score (nSPS) is 17.6. The monoisotopic (exact) mass is 278 g/mol. The van der Waals surface area contributed by atoms with Gasteiger partial charge in [-0.3, -0.25) is 4.79 Å². The van der Waals surface area contributed by atoms with Gasteiger partial charge in [-0.2, -0.15) is 0 Å². The molecule has 2 aliphatic rings. The summed E-state index contributed by atoms with van der Waals surface area (Å²) in [4.78, 5) is 17.1. The Bertz CT molecular complexity index is 882. The minimum absolute atomic E-state index is 0.0862. The highest BCUT2D eigenvalue weighted by molar-refractivity contribution is 6.56. The minimum atomic E-state index is -0.0902. The molecule has 1 aliphatic carbocycles. The van der Waals surface area contributed by atoms with Crippen LogP contribution in [0.1, 0.15) is 18.4 Å². The zero-order chi connectivity index (χ0) is 14.6. The van der Waals surface area contributed by atoms with Crippen molar-refractivity contribution < 1.29 is 9.90 Å². The third-order valence-electron chi connectivity index (χ3n) is 4.13. The fourth-order valence-corrected chi connectivity index (χ4v) is 3.06. The van der Waals surface area contributed by atoms with Gasteiger partial charge in [-0.25, -0.2) is 4.99 Å². The third kappa shape index (κ3) is 1.56. The summed E-state index contributed by atoms with van der Waals surface area (Å²) in [6.07, 6.45) is 5.71. The maximum absolute atomic E-state index is 12.6. The molecule has 0 saturated carbocycles. The van der Waals surface area contributed by atoms with Gasteiger partial charge >= 0.3 is 0 Å². The molecule has 2 aromatic rings. The SMILES string of the molecule is Cn1c(O)c(C2=NC3=CCCC=C3C2=O)c2ccccc21. The molecular formula is C17H14N2O2. The Hall–Kier alpha value is -2.62. The number of carbonyl (C=O) groups excluding carboxylic acids is 1. The van der Waals surface area contributed by atoms with Crippen molar-refractivity contribution in [3.8, 4) is 5.88 Å². The first-order chi connectivity index (χ1) is 10.2. The number of aromatic hydroxyl groups is 1. The van der Waals surface area contributed by atoms with E-state index in [2.05, 4.69) is 4.99 Å². The first kappa shape index (κ1) is 12.1. The van der Waals surface area contributed by atoms with Gasteiger partial charge in [-0.15, -0.1) is 0 Å². The van der Waals surface area contributed by atoms with Crippen LogP contribution in [0.15, 0.2) is 52.7 Å². The molecule has 4 rings (SSSR count). The molecule has 4 nitrogen and oxygen atoms in total. The molecule has 0 unspecified atom stereocenters. The quantitative estimate of drug-likeness (QED) is 0.872. The van der Waals surface area contributed by atoms with Gasteiger partial charge in [0.1, 0.15) is 5.71 Å². The molecule has 104 valence electrons. The van der Waals surface area contributed by atoms with Gasteiger partial charge in [0.15, 0.2) is 0 Å². The number of ketones is 1. The molecule has 0 spiro atoms. The lowest BCUT2D eigenvalue weighted by atomic mass is 9.98. The van der Waals surface area contributed by atoms with Crippen molar-refractivity contribution in [2.75, 3.05) is 0 Å². The van der Waals surface area contributed by atoms with Crippen LogP contribution in [0.25, 0.3) is 10.9 Å². The Morgan fingerprint density at radius 3 is 2.76 bits per heavy atom. The molecule has 2 heterocycles. The maximum atomic E-state index is 12.6. The molecule has 1 aromatic carbocycles. The third-order valence-corrected chi connectivity index (χ3v) is 4.13. The fraction of sp³-hybridized carbons (Fsp3) is 0.176. The largest absolute Gasteiger partial charge is 0.494 e. The van der Waals surface area contributed by atoms with Crippen LogP contribution in [-0.2, 0) is 11.8 Å². The summed E-state index contributed by atoms with van der Waals surface area (Å²) >= 11 is 0. The van der Waals surface area contributed by atoms with Crippen LogP contribution in [0.2, 0.25) is 0 Å². The van der Waals surface area contributed by atoms with Gasteiger partial charge in [0.05, 0.1) is 16.8 Å². The standard InChI is InChI=1S/C17H14N2O2/c1-19-13-9-5-3-7-11(13)14(17(19)21)15-16(20)10-6-2-4-8-12(10)18-15/h3,5-9,21H,2,4H2,1H3. The number of allylic oxidation sites excluding steroid dienone is 3. The van der Waals surface area contributed by atoms with Gasteiger partial charge in [0.25, 0.3) is 0 Å². The fourth-order valence-electron chi connectivity index (χ4n) is 3.06. The average molecular weight is 278 g/mol. The zero-order valence-electron chi connectivity index (χ0n) is 11.6. The molecule has 1 aliphatic heterocycles. The first-order valence-corrected chi connectivity index (χ1v) is 6.99. The van der Waals surface area contributed by atoms with Gasteiger partial charge in [0.2, 0.25) is 11.7 Å². The average Bonchev–Trinajstić information content (AvgIpc) is 2.96. The molecule has 0 atom stereocenters. The molecule has 0 amide bonds. The van der Waals surface area contributed by atoms with Crippen LogP contribution in [0.4, 0.5) is 0 Å². The van der Waals surface area contributed by atoms with Crippen molar-refractivity contribution in [3.05, 3.63) is 53.3 Å². The van der Waals surface area contributed by atoms with E-state index in [4.69, 9.17) is 0 Å². The number of rotatable bonds is 1. The lowest BCUT2D eigenvalue weighted by Gasteiger charge is -2.03. The summed E-state index contributed by atoms with van der Waals surface area (Å²) in [5.74, 6) is -0.00394. The van der Waals surface area contributed by atoms with Gasteiger partial charge in [0, 0.05) is 18.0 Å². The highest BCUT2D eigenvalue weighted by Crippen LogP contribution is 2.36. The van der Waals surface area contributed by atoms with E-state index in [-0.39, 0.29) is 11.7 Å². The zero-order valence-corrected chi connectivity index (χ0v) is 11.6. The van der Waals surface area contributed by atoms with Crippen LogP contribution < -0.4 is 0 Å².